The Kier molecular flexibility index (Phi) is 4.13. The van der Waals surface area contributed by atoms with E-state index in [-0.39, 0.29) is 0 Å². The third kappa shape index (κ3) is 3.53. The average molecular weight is 115 g/mol. The molecule has 0 bridgehead atoms. The molecular weight excluding hydrogens is 102 g/mol. The van der Waals surface area contributed by atoms with Gasteiger partial charge in [0, 0.05) is 6.54 Å². The summed E-state index contributed by atoms with van der Waals surface area (Å²) in [5, 5.41) is 2.97. The van der Waals surface area contributed by atoms with Crippen LogP contribution in [-0.4, -0.2) is 13.7 Å². The van der Waals surface area contributed by atoms with Gasteiger partial charge in [0.2, 0.25) is 0 Å². The summed E-state index contributed by atoms with van der Waals surface area (Å²) in [7, 11) is 1.60. The summed E-state index contributed by atoms with van der Waals surface area (Å²) in [5.74, 6) is 0.645. The van der Waals surface area contributed by atoms with Gasteiger partial charge in [-0.2, -0.15) is 0 Å². The molecule has 0 saturated heterocycles. The zero-order valence-corrected chi connectivity index (χ0v) is 5.53. The molecule has 0 heterocycles. The number of rotatable bonds is 4. The summed E-state index contributed by atoms with van der Waals surface area (Å²) < 4.78 is 4.75. The average Bonchev–Trinajstić information content (AvgIpc) is 1.83. The molecule has 0 spiro atoms. The quantitative estimate of drug-likeness (QED) is 0.554. The lowest BCUT2D eigenvalue weighted by Gasteiger charge is -2.04. The molecule has 0 unspecified atom stereocenters. The van der Waals surface area contributed by atoms with Crippen LogP contribution in [0.4, 0.5) is 0 Å². The van der Waals surface area contributed by atoms with Crippen molar-refractivity contribution in [2.24, 2.45) is 0 Å². The minimum atomic E-state index is 0.645. The summed E-state index contributed by atoms with van der Waals surface area (Å²) in [6.45, 7) is 6.61. The number of nitrogens with one attached hydrogen (secondary N) is 1. The van der Waals surface area contributed by atoms with Gasteiger partial charge in [-0.25, -0.2) is 0 Å². The Balaban J connectivity index is 2.99. The van der Waals surface area contributed by atoms with E-state index < -0.39 is 0 Å². The molecule has 0 aromatic heterocycles. The summed E-state index contributed by atoms with van der Waals surface area (Å²) in [6, 6.07) is 0. The maximum absolute atomic E-state index is 4.75. The zero-order valence-electron chi connectivity index (χ0n) is 5.53. The van der Waals surface area contributed by atoms with Crippen LogP contribution in [0.5, 0.6) is 0 Å². The van der Waals surface area contributed by atoms with E-state index >= 15 is 0 Å². The Hall–Kier alpha value is -0.660. The summed E-state index contributed by atoms with van der Waals surface area (Å²) >= 11 is 0. The molecule has 0 aliphatic heterocycles. The topological polar surface area (TPSA) is 21.3 Å². The molecule has 0 rings (SSSR count). The number of methoxy groups -OCH3 is 1. The van der Waals surface area contributed by atoms with Gasteiger partial charge < -0.3 is 10.1 Å². The van der Waals surface area contributed by atoms with E-state index in [0.717, 1.165) is 13.0 Å². The first-order chi connectivity index (χ1) is 3.81. The molecule has 1 N–H and O–H groups in total. The molecule has 0 aliphatic rings. The Morgan fingerprint density at radius 1 is 1.75 bits per heavy atom. The fourth-order valence-corrected chi connectivity index (χ4v) is 0.337. The van der Waals surface area contributed by atoms with E-state index in [2.05, 4.69) is 18.8 Å². The molecule has 0 aromatic carbocycles. The van der Waals surface area contributed by atoms with Gasteiger partial charge >= 0.3 is 0 Å². The van der Waals surface area contributed by atoms with Crippen LogP contribution in [0.1, 0.15) is 13.3 Å². The fraction of sp³-hybridized carbons (Fsp3) is 0.667. The molecule has 0 saturated carbocycles. The highest BCUT2D eigenvalue weighted by atomic mass is 16.5. The Morgan fingerprint density at radius 3 is 2.75 bits per heavy atom. The van der Waals surface area contributed by atoms with E-state index in [1.807, 2.05) is 0 Å². The van der Waals surface area contributed by atoms with Crippen molar-refractivity contribution in [1.29, 1.82) is 0 Å². The minimum Gasteiger partial charge on any atom is -0.483 e. The smallest absolute Gasteiger partial charge is 0.178 e. The molecule has 0 aliphatic carbocycles. The standard InChI is InChI=1S/C6H13NO/c1-4-5-7-6(2)8-3/h7H,2,4-5H2,1,3H3. The van der Waals surface area contributed by atoms with E-state index in [9.17, 15) is 0 Å². The summed E-state index contributed by atoms with van der Waals surface area (Å²) in [6.07, 6.45) is 1.10. The van der Waals surface area contributed by atoms with Gasteiger partial charge in [0.15, 0.2) is 5.88 Å². The number of hydrogen-bond acceptors (Lipinski definition) is 2. The monoisotopic (exact) mass is 115 g/mol. The lowest BCUT2D eigenvalue weighted by atomic mass is 10.5. The van der Waals surface area contributed by atoms with Gasteiger partial charge in [0.05, 0.1) is 7.11 Å². The van der Waals surface area contributed by atoms with Crippen molar-refractivity contribution in [3.8, 4) is 0 Å². The van der Waals surface area contributed by atoms with Crippen LogP contribution in [0.2, 0.25) is 0 Å². The Morgan fingerprint density at radius 2 is 2.38 bits per heavy atom. The van der Waals surface area contributed by atoms with Crippen LogP contribution < -0.4 is 5.32 Å². The van der Waals surface area contributed by atoms with Crippen LogP contribution in [0, 0.1) is 0 Å². The first-order valence-corrected chi connectivity index (χ1v) is 2.78. The first-order valence-electron chi connectivity index (χ1n) is 2.78. The highest BCUT2D eigenvalue weighted by Gasteiger charge is 1.83. The van der Waals surface area contributed by atoms with Gasteiger partial charge in [-0.3, -0.25) is 0 Å². The van der Waals surface area contributed by atoms with E-state index in [1.165, 1.54) is 0 Å². The maximum atomic E-state index is 4.75. The molecule has 2 nitrogen and oxygen atoms in total. The van der Waals surface area contributed by atoms with Crippen molar-refractivity contribution in [2.45, 2.75) is 13.3 Å². The van der Waals surface area contributed by atoms with Crippen molar-refractivity contribution in [3.05, 3.63) is 12.5 Å². The second-order valence-corrected chi connectivity index (χ2v) is 1.55. The first kappa shape index (κ1) is 7.34. The van der Waals surface area contributed by atoms with Crippen molar-refractivity contribution >= 4 is 0 Å². The number of hydrogen-bond donors (Lipinski definition) is 1. The van der Waals surface area contributed by atoms with E-state index in [0.29, 0.717) is 5.88 Å². The Labute approximate surface area is 50.5 Å². The third-order valence-corrected chi connectivity index (χ3v) is 0.819. The third-order valence-electron chi connectivity index (χ3n) is 0.819. The molecule has 0 radical (unpaired) electrons. The second kappa shape index (κ2) is 4.50. The summed E-state index contributed by atoms with van der Waals surface area (Å²) in [4.78, 5) is 0. The maximum Gasteiger partial charge on any atom is 0.178 e. The van der Waals surface area contributed by atoms with Crippen LogP contribution in [0.25, 0.3) is 0 Å². The molecule has 0 aromatic rings. The zero-order chi connectivity index (χ0) is 6.41. The van der Waals surface area contributed by atoms with E-state index in [1.54, 1.807) is 7.11 Å². The lowest BCUT2D eigenvalue weighted by molar-refractivity contribution is 0.263. The highest BCUT2D eigenvalue weighted by molar-refractivity contribution is 4.76. The largest absolute Gasteiger partial charge is 0.483 e. The van der Waals surface area contributed by atoms with Crippen molar-refractivity contribution in [2.75, 3.05) is 13.7 Å². The molecule has 48 valence electrons. The number of ether oxygens (including phenoxy) is 1. The van der Waals surface area contributed by atoms with Gasteiger partial charge in [-0.05, 0) is 13.0 Å². The highest BCUT2D eigenvalue weighted by Crippen LogP contribution is 1.81. The summed E-state index contributed by atoms with van der Waals surface area (Å²) in [5.41, 5.74) is 0. The second-order valence-electron chi connectivity index (χ2n) is 1.55. The molecule has 0 atom stereocenters. The normalized spacial score (nSPS) is 8.25. The predicted molar refractivity (Wildman–Crippen MR) is 34.4 cm³/mol. The van der Waals surface area contributed by atoms with Gasteiger partial charge in [0.1, 0.15) is 0 Å². The molecule has 8 heavy (non-hydrogen) atoms. The van der Waals surface area contributed by atoms with Gasteiger partial charge in [-0.15, -0.1) is 0 Å². The van der Waals surface area contributed by atoms with Crippen LogP contribution in [0.15, 0.2) is 12.5 Å². The van der Waals surface area contributed by atoms with Crippen LogP contribution in [-0.2, 0) is 4.74 Å². The van der Waals surface area contributed by atoms with Crippen molar-refractivity contribution in [3.63, 3.8) is 0 Å². The fourth-order valence-electron chi connectivity index (χ4n) is 0.337. The Bertz CT molecular complexity index is 70.9. The van der Waals surface area contributed by atoms with Crippen molar-refractivity contribution in [1.82, 2.24) is 5.32 Å². The van der Waals surface area contributed by atoms with Crippen LogP contribution >= 0.6 is 0 Å². The molecule has 0 amide bonds. The van der Waals surface area contributed by atoms with Gasteiger partial charge in [-0.1, -0.05) is 6.92 Å². The lowest BCUT2D eigenvalue weighted by Crippen LogP contribution is -2.13. The predicted octanol–water partition coefficient (Wildman–Crippen LogP) is 1.10. The SMILES string of the molecule is C=C(NCCC)OC. The van der Waals surface area contributed by atoms with Gasteiger partial charge in [0.25, 0.3) is 0 Å². The molecular formula is C6H13NO. The molecule has 0 fully saturated rings. The van der Waals surface area contributed by atoms with Crippen LogP contribution in [0.3, 0.4) is 0 Å². The molecule has 2 heteroatoms. The van der Waals surface area contributed by atoms with Crippen molar-refractivity contribution < 1.29 is 4.74 Å². The minimum absolute atomic E-state index is 0.645. The van der Waals surface area contributed by atoms with E-state index in [4.69, 9.17) is 4.74 Å².